The Morgan fingerprint density at radius 1 is 1.16 bits per heavy atom. The second-order valence-electron chi connectivity index (χ2n) is 7.63. The van der Waals surface area contributed by atoms with E-state index in [1.807, 2.05) is 19.1 Å². The quantitative estimate of drug-likeness (QED) is 0.596. The van der Waals surface area contributed by atoms with Gasteiger partial charge in [-0.2, -0.15) is 0 Å². The molecule has 2 bridgehead atoms. The lowest BCUT2D eigenvalue weighted by Crippen LogP contribution is -2.40. The fraction of sp³-hybridized carbons (Fsp3) is 0.474. The molecule has 130 valence electrons. The summed E-state index contributed by atoms with van der Waals surface area (Å²) in [6.07, 6.45) is 5.58. The average Bonchev–Trinajstić information content (AvgIpc) is 3.39. The number of allylic oxidation sites excluding steroid dienone is 2. The van der Waals surface area contributed by atoms with Crippen molar-refractivity contribution in [1.29, 1.82) is 0 Å². The third-order valence-electron chi connectivity index (χ3n) is 6.52. The molecule has 25 heavy (non-hydrogen) atoms. The van der Waals surface area contributed by atoms with Gasteiger partial charge in [-0.1, -0.05) is 23.8 Å². The molecule has 6 heteroatoms. The molecule has 1 aromatic carbocycles. The maximum Gasteiger partial charge on any atom is 0.235 e. The van der Waals surface area contributed by atoms with Crippen LogP contribution in [0.4, 0.5) is 5.69 Å². The molecule has 0 radical (unpaired) electrons. The standard InChI is InChI=1S/C19H18BrClN2O2/c1-8-14(5-4-13(20)17(8)21)22-7-23-18(24)15-9-2-3-10(12-6-11(9)12)16(15)19(23)25/h2-5,9-12,15-16,22H,6-7H2,1H3. The van der Waals surface area contributed by atoms with Crippen LogP contribution in [0.15, 0.2) is 28.8 Å². The summed E-state index contributed by atoms with van der Waals surface area (Å²) in [4.78, 5) is 27.3. The minimum atomic E-state index is -0.136. The van der Waals surface area contributed by atoms with Crippen LogP contribution in [0.1, 0.15) is 12.0 Å². The average molecular weight is 422 g/mol. The zero-order valence-electron chi connectivity index (χ0n) is 13.7. The molecule has 1 aliphatic heterocycles. The van der Waals surface area contributed by atoms with Crippen molar-refractivity contribution in [1.82, 2.24) is 4.90 Å². The first kappa shape index (κ1) is 15.9. The van der Waals surface area contributed by atoms with Crippen LogP contribution >= 0.6 is 27.5 Å². The summed E-state index contributed by atoms with van der Waals surface area (Å²) in [5.74, 6) is 1.52. The topological polar surface area (TPSA) is 49.4 Å². The first-order valence-electron chi connectivity index (χ1n) is 8.71. The Morgan fingerprint density at radius 3 is 2.36 bits per heavy atom. The Labute approximate surface area is 159 Å². The van der Waals surface area contributed by atoms with Crippen molar-refractivity contribution in [3.63, 3.8) is 0 Å². The van der Waals surface area contributed by atoms with Crippen LogP contribution in [0, 0.1) is 42.4 Å². The number of nitrogens with zero attached hydrogens (tertiary/aromatic N) is 1. The van der Waals surface area contributed by atoms with Crippen molar-refractivity contribution in [2.45, 2.75) is 13.3 Å². The van der Waals surface area contributed by atoms with Crippen molar-refractivity contribution in [3.8, 4) is 0 Å². The summed E-state index contributed by atoms with van der Waals surface area (Å²) in [7, 11) is 0. The molecule has 2 saturated carbocycles. The zero-order valence-corrected chi connectivity index (χ0v) is 16.0. The fourth-order valence-electron chi connectivity index (χ4n) is 5.18. The van der Waals surface area contributed by atoms with Crippen LogP contribution in [-0.2, 0) is 9.59 Å². The third kappa shape index (κ3) is 2.12. The molecule has 6 rings (SSSR count). The Bertz CT molecular complexity index is 803. The van der Waals surface area contributed by atoms with E-state index in [4.69, 9.17) is 11.6 Å². The Morgan fingerprint density at radius 2 is 1.76 bits per heavy atom. The van der Waals surface area contributed by atoms with E-state index in [1.54, 1.807) is 0 Å². The van der Waals surface area contributed by atoms with Gasteiger partial charge in [0, 0.05) is 10.2 Å². The second kappa shape index (κ2) is 5.34. The monoisotopic (exact) mass is 420 g/mol. The third-order valence-corrected chi connectivity index (χ3v) is 7.90. The Balaban J connectivity index is 1.37. The fourth-order valence-corrected chi connectivity index (χ4v) is 5.78. The molecule has 0 spiro atoms. The Kier molecular flexibility index (Phi) is 3.39. The van der Waals surface area contributed by atoms with Crippen LogP contribution in [-0.4, -0.2) is 23.4 Å². The molecular weight excluding hydrogens is 404 g/mol. The van der Waals surface area contributed by atoms with E-state index in [0.29, 0.717) is 16.9 Å². The number of halogens is 2. The van der Waals surface area contributed by atoms with E-state index in [9.17, 15) is 9.59 Å². The van der Waals surface area contributed by atoms with Gasteiger partial charge in [0.15, 0.2) is 0 Å². The van der Waals surface area contributed by atoms with Gasteiger partial charge in [0.25, 0.3) is 0 Å². The van der Waals surface area contributed by atoms with Gasteiger partial charge in [-0.05, 0) is 70.6 Å². The number of likely N-dealkylation sites (tertiary alicyclic amines) is 1. The number of benzene rings is 1. The lowest BCUT2D eigenvalue weighted by Gasteiger charge is -2.37. The maximum atomic E-state index is 12.9. The molecule has 1 saturated heterocycles. The molecule has 1 N–H and O–H groups in total. The number of amides is 2. The van der Waals surface area contributed by atoms with Gasteiger partial charge in [0.2, 0.25) is 11.8 Å². The minimum absolute atomic E-state index is 0.00642. The van der Waals surface area contributed by atoms with Crippen LogP contribution in [0.2, 0.25) is 5.02 Å². The van der Waals surface area contributed by atoms with E-state index in [1.165, 1.54) is 11.3 Å². The van der Waals surface area contributed by atoms with Crippen molar-refractivity contribution in [2.75, 3.05) is 12.0 Å². The number of carbonyl (C=O) groups is 2. The summed E-state index contributed by atoms with van der Waals surface area (Å²) < 4.78 is 0.832. The van der Waals surface area contributed by atoms with Gasteiger partial charge in [0.1, 0.15) is 0 Å². The molecule has 2 amide bonds. The van der Waals surface area contributed by atoms with E-state index in [-0.39, 0.29) is 42.2 Å². The van der Waals surface area contributed by atoms with Crippen LogP contribution in [0.3, 0.4) is 0 Å². The molecular formula is C19H18BrClN2O2. The van der Waals surface area contributed by atoms with Gasteiger partial charge in [-0.3, -0.25) is 14.5 Å². The minimum Gasteiger partial charge on any atom is -0.367 e. The molecule has 1 aromatic rings. The van der Waals surface area contributed by atoms with Gasteiger partial charge in [0.05, 0.1) is 23.5 Å². The first-order valence-corrected chi connectivity index (χ1v) is 9.88. The number of nitrogens with one attached hydrogen (secondary N) is 1. The van der Waals surface area contributed by atoms with E-state index in [0.717, 1.165) is 15.7 Å². The van der Waals surface area contributed by atoms with Gasteiger partial charge in [-0.15, -0.1) is 0 Å². The zero-order chi connectivity index (χ0) is 17.5. The number of imide groups is 1. The van der Waals surface area contributed by atoms with Gasteiger partial charge >= 0.3 is 0 Å². The van der Waals surface area contributed by atoms with E-state index < -0.39 is 0 Å². The highest BCUT2D eigenvalue weighted by Crippen LogP contribution is 2.65. The molecule has 4 aliphatic carbocycles. The van der Waals surface area contributed by atoms with Gasteiger partial charge in [-0.25, -0.2) is 0 Å². The smallest absolute Gasteiger partial charge is 0.235 e. The summed E-state index contributed by atoms with van der Waals surface area (Å²) in [6, 6.07) is 3.77. The molecule has 5 aliphatic rings. The van der Waals surface area contributed by atoms with Crippen molar-refractivity contribution in [2.24, 2.45) is 35.5 Å². The summed E-state index contributed by atoms with van der Waals surface area (Å²) in [5.41, 5.74) is 1.74. The molecule has 6 unspecified atom stereocenters. The maximum absolute atomic E-state index is 12.9. The molecule has 6 atom stereocenters. The highest BCUT2D eigenvalue weighted by atomic mass is 79.9. The SMILES string of the molecule is Cc1c(NCN2C(=O)C3C4C=CC(C5CC45)C3C2=O)ccc(Br)c1Cl. The number of hydrogen-bond acceptors (Lipinski definition) is 3. The van der Waals surface area contributed by atoms with Crippen molar-refractivity contribution in [3.05, 3.63) is 39.3 Å². The molecule has 0 aromatic heterocycles. The van der Waals surface area contributed by atoms with Crippen LogP contribution < -0.4 is 5.32 Å². The predicted octanol–water partition coefficient (Wildman–Crippen LogP) is 3.83. The number of rotatable bonds is 3. The summed E-state index contributed by atoms with van der Waals surface area (Å²) in [6.45, 7) is 2.12. The van der Waals surface area contributed by atoms with Crippen molar-refractivity contribution >= 4 is 45.0 Å². The number of carbonyl (C=O) groups excluding carboxylic acids is 2. The van der Waals surface area contributed by atoms with Crippen LogP contribution in [0.25, 0.3) is 0 Å². The first-order chi connectivity index (χ1) is 12.0. The summed E-state index contributed by atoms with van der Waals surface area (Å²) in [5, 5.41) is 3.86. The Hall–Kier alpha value is -1.33. The largest absolute Gasteiger partial charge is 0.367 e. The molecule has 1 heterocycles. The normalized spacial score (nSPS) is 37.3. The van der Waals surface area contributed by atoms with E-state index in [2.05, 4.69) is 33.4 Å². The summed E-state index contributed by atoms with van der Waals surface area (Å²) >= 11 is 9.66. The van der Waals surface area contributed by atoms with Crippen molar-refractivity contribution < 1.29 is 9.59 Å². The number of anilines is 1. The van der Waals surface area contributed by atoms with Gasteiger partial charge < -0.3 is 5.32 Å². The highest BCUT2D eigenvalue weighted by Gasteiger charge is 2.66. The number of hydrogen-bond donors (Lipinski definition) is 1. The molecule has 4 nitrogen and oxygen atoms in total. The second-order valence-corrected chi connectivity index (χ2v) is 8.86. The lowest BCUT2D eigenvalue weighted by atomic mass is 9.63. The van der Waals surface area contributed by atoms with E-state index >= 15 is 0 Å². The molecule has 3 fully saturated rings. The highest BCUT2D eigenvalue weighted by molar-refractivity contribution is 9.10. The van der Waals surface area contributed by atoms with Crippen LogP contribution in [0.5, 0.6) is 0 Å². The predicted molar refractivity (Wildman–Crippen MR) is 98.9 cm³/mol. The lowest BCUT2D eigenvalue weighted by molar-refractivity contribution is -0.139.